The molecule has 24 heavy (non-hydrogen) atoms. The lowest BCUT2D eigenvalue weighted by Crippen LogP contribution is -2.32. The lowest BCUT2D eigenvalue weighted by atomic mass is 10.1. The number of para-hydroxylation sites is 1. The highest BCUT2D eigenvalue weighted by Crippen LogP contribution is 2.30. The number of aryl methyl sites for hydroxylation is 1. The lowest BCUT2D eigenvalue weighted by Gasteiger charge is -2.18. The summed E-state index contributed by atoms with van der Waals surface area (Å²) in [6.07, 6.45) is -0.182. The molecule has 0 aliphatic rings. The molecule has 3 rings (SSSR count). The van der Waals surface area contributed by atoms with E-state index in [-0.39, 0.29) is 6.54 Å². The second-order valence-electron chi connectivity index (χ2n) is 5.36. The third kappa shape index (κ3) is 3.03. The molecule has 1 aromatic heterocycles. The minimum absolute atomic E-state index is 0.226. The predicted molar refractivity (Wildman–Crippen MR) is 91.9 cm³/mol. The zero-order valence-electron chi connectivity index (χ0n) is 13.6. The van der Waals surface area contributed by atoms with Gasteiger partial charge < -0.3 is 14.9 Å². The molecule has 0 aliphatic heterocycles. The summed E-state index contributed by atoms with van der Waals surface area (Å²) in [5.41, 5.74) is 3.75. The number of nitrogens with one attached hydrogen (secondary N) is 1. The van der Waals surface area contributed by atoms with E-state index in [1.165, 1.54) is 5.56 Å². The van der Waals surface area contributed by atoms with Crippen LogP contribution >= 0.6 is 0 Å². The summed E-state index contributed by atoms with van der Waals surface area (Å²) in [7, 11) is 0. The number of hydrogen-bond donors (Lipinski definition) is 2. The number of carbonyl (C=O) groups is 1. The number of hydroxylamine groups is 2. The fourth-order valence-corrected chi connectivity index (χ4v) is 2.50. The van der Waals surface area contributed by atoms with Crippen LogP contribution in [-0.4, -0.2) is 32.8 Å². The fourth-order valence-electron chi connectivity index (χ4n) is 2.50. The third-order valence-electron chi connectivity index (χ3n) is 3.81. The Balaban J connectivity index is 2.01. The van der Waals surface area contributed by atoms with E-state index in [1.54, 1.807) is 19.1 Å². The molecule has 0 saturated carbocycles. The number of benzene rings is 2. The largest absolute Gasteiger partial charge is 0.463 e. The summed E-state index contributed by atoms with van der Waals surface area (Å²) in [5.74, 6) is 1.09. The number of aromatic amines is 1. The Morgan fingerprint density at radius 3 is 2.75 bits per heavy atom. The third-order valence-corrected chi connectivity index (χ3v) is 3.81. The molecule has 2 aromatic carbocycles. The molecular formula is C18H19N3O3. The monoisotopic (exact) mass is 325 g/mol. The zero-order chi connectivity index (χ0) is 17.1. The summed E-state index contributed by atoms with van der Waals surface area (Å²) >= 11 is 0. The van der Waals surface area contributed by atoms with E-state index in [2.05, 4.69) is 29.0 Å². The Bertz CT molecular complexity index is 873. The maximum absolute atomic E-state index is 11.2. The number of amides is 1. The topological polar surface area (TPSA) is 78.4 Å². The summed E-state index contributed by atoms with van der Waals surface area (Å²) in [6.45, 7) is 4.04. The van der Waals surface area contributed by atoms with Crippen LogP contribution in [0.1, 0.15) is 19.4 Å². The first kappa shape index (κ1) is 15.9. The van der Waals surface area contributed by atoms with E-state index in [1.807, 2.05) is 18.2 Å². The number of fused-ring (bicyclic) bond motifs is 1. The van der Waals surface area contributed by atoms with Gasteiger partial charge in [-0.25, -0.2) is 9.78 Å². The van der Waals surface area contributed by atoms with Gasteiger partial charge in [-0.05, 0) is 43.2 Å². The standard InChI is InChI=1S/C18H19N3O3/c1-3-12-9-10-14-15(11-12)20-17(19-14)13-7-5-6-8-16(13)24-21(4-2)18(22)23/h5-11H,3-4H2,1-2H3,(H,19,20)(H,22,23). The number of H-pyrrole nitrogens is 1. The van der Waals surface area contributed by atoms with E-state index in [0.29, 0.717) is 17.1 Å². The van der Waals surface area contributed by atoms with Crippen molar-refractivity contribution in [3.05, 3.63) is 48.0 Å². The van der Waals surface area contributed by atoms with Crippen molar-refractivity contribution in [2.45, 2.75) is 20.3 Å². The Morgan fingerprint density at radius 2 is 2.04 bits per heavy atom. The summed E-state index contributed by atoms with van der Waals surface area (Å²) in [6, 6.07) is 13.3. The van der Waals surface area contributed by atoms with Crippen molar-refractivity contribution in [1.29, 1.82) is 0 Å². The molecule has 0 unspecified atom stereocenters. The maximum atomic E-state index is 11.2. The van der Waals surface area contributed by atoms with Crippen LogP contribution in [0.3, 0.4) is 0 Å². The van der Waals surface area contributed by atoms with Crippen molar-refractivity contribution >= 4 is 17.1 Å². The number of carboxylic acid groups (broad SMARTS) is 1. The molecule has 0 aliphatic carbocycles. The second-order valence-corrected chi connectivity index (χ2v) is 5.36. The second kappa shape index (κ2) is 6.62. The van der Waals surface area contributed by atoms with Gasteiger partial charge in [0.15, 0.2) is 5.75 Å². The Morgan fingerprint density at radius 1 is 1.25 bits per heavy atom. The first-order valence-corrected chi connectivity index (χ1v) is 7.88. The average molecular weight is 325 g/mol. The smallest absolute Gasteiger partial charge is 0.440 e. The van der Waals surface area contributed by atoms with Crippen LogP contribution < -0.4 is 4.84 Å². The van der Waals surface area contributed by atoms with Crippen LogP contribution in [0.5, 0.6) is 5.75 Å². The molecule has 0 atom stereocenters. The van der Waals surface area contributed by atoms with Gasteiger partial charge in [-0.1, -0.05) is 25.1 Å². The first-order valence-electron chi connectivity index (χ1n) is 7.88. The molecule has 3 aromatic rings. The van der Waals surface area contributed by atoms with E-state index < -0.39 is 6.09 Å². The van der Waals surface area contributed by atoms with Gasteiger partial charge in [0, 0.05) is 0 Å². The average Bonchev–Trinajstić information content (AvgIpc) is 3.02. The van der Waals surface area contributed by atoms with Gasteiger partial charge in [-0.2, -0.15) is 0 Å². The van der Waals surface area contributed by atoms with Crippen LogP contribution in [0, 0.1) is 0 Å². The fraction of sp³-hybridized carbons (Fsp3) is 0.222. The highest BCUT2D eigenvalue weighted by atomic mass is 16.7. The molecule has 124 valence electrons. The summed E-state index contributed by atoms with van der Waals surface area (Å²) < 4.78 is 0. The molecule has 0 spiro atoms. The van der Waals surface area contributed by atoms with E-state index >= 15 is 0 Å². The van der Waals surface area contributed by atoms with Crippen molar-refractivity contribution < 1.29 is 14.7 Å². The van der Waals surface area contributed by atoms with Crippen molar-refractivity contribution in [1.82, 2.24) is 15.0 Å². The van der Waals surface area contributed by atoms with E-state index in [4.69, 9.17) is 9.94 Å². The molecule has 1 heterocycles. The summed E-state index contributed by atoms with van der Waals surface area (Å²) in [4.78, 5) is 24.6. The van der Waals surface area contributed by atoms with E-state index in [9.17, 15) is 4.79 Å². The molecule has 0 fully saturated rings. The minimum atomic E-state index is -1.13. The molecule has 1 amide bonds. The van der Waals surface area contributed by atoms with Crippen LogP contribution in [0.2, 0.25) is 0 Å². The lowest BCUT2D eigenvalue weighted by molar-refractivity contribution is -0.0310. The number of imidazole rings is 1. The van der Waals surface area contributed by atoms with Crippen molar-refractivity contribution in [2.24, 2.45) is 0 Å². The molecular weight excluding hydrogens is 306 g/mol. The van der Waals surface area contributed by atoms with Crippen LogP contribution in [-0.2, 0) is 6.42 Å². The normalized spacial score (nSPS) is 10.8. The highest BCUT2D eigenvalue weighted by Gasteiger charge is 2.16. The maximum Gasteiger partial charge on any atom is 0.440 e. The van der Waals surface area contributed by atoms with Gasteiger partial charge in [0.2, 0.25) is 0 Å². The van der Waals surface area contributed by atoms with Gasteiger partial charge in [0.25, 0.3) is 0 Å². The SMILES string of the molecule is CCc1ccc2nc(-c3ccccc3ON(CC)C(=O)O)[nH]c2c1. The Hall–Kier alpha value is -3.02. The van der Waals surface area contributed by atoms with Crippen LogP contribution in [0.4, 0.5) is 4.79 Å². The minimum Gasteiger partial charge on any atom is -0.463 e. The molecule has 0 bridgehead atoms. The Labute approximate surface area is 139 Å². The highest BCUT2D eigenvalue weighted by molar-refractivity contribution is 5.81. The van der Waals surface area contributed by atoms with Gasteiger partial charge >= 0.3 is 6.09 Å². The van der Waals surface area contributed by atoms with Crippen LogP contribution in [0.15, 0.2) is 42.5 Å². The van der Waals surface area contributed by atoms with Crippen LogP contribution in [0.25, 0.3) is 22.4 Å². The molecule has 0 saturated heterocycles. The van der Waals surface area contributed by atoms with Gasteiger partial charge in [-0.3, -0.25) is 0 Å². The molecule has 2 N–H and O–H groups in total. The number of hydrogen-bond acceptors (Lipinski definition) is 3. The molecule has 6 heteroatoms. The molecule has 6 nitrogen and oxygen atoms in total. The summed E-state index contributed by atoms with van der Waals surface area (Å²) in [5, 5.41) is 10.0. The number of nitrogens with zero attached hydrogens (tertiary/aromatic N) is 2. The predicted octanol–water partition coefficient (Wildman–Crippen LogP) is 4.09. The van der Waals surface area contributed by atoms with E-state index in [0.717, 1.165) is 22.5 Å². The van der Waals surface area contributed by atoms with Crippen molar-refractivity contribution in [3.8, 4) is 17.1 Å². The Kier molecular flexibility index (Phi) is 4.37. The van der Waals surface area contributed by atoms with Gasteiger partial charge in [-0.15, -0.1) is 5.06 Å². The van der Waals surface area contributed by atoms with Crippen molar-refractivity contribution in [2.75, 3.05) is 6.54 Å². The van der Waals surface area contributed by atoms with Gasteiger partial charge in [0.05, 0.1) is 23.1 Å². The first-order chi connectivity index (χ1) is 11.6. The molecule has 0 radical (unpaired) electrons. The van der Waals surface area contributed by atoms with Gasteiger partial charge in [0.1, 0.15) is 5.82 Å². The number of rotatable bonds is 5. The quantitative estimate of drug-likeness (QED) is 0.693. The number of aromatic nitrogens is 2. The zero-order valence-corrected chi connectivity index (χ0v) is 13.6. The van der Waals surface area contributed by atoms with Crippen molar-refractivity contribution in [3.63, 3.8) is 0 Å².